The van der Waals surface area contributed by atoms with Crippen LogP contribution in [-0.2, 0) is 0 Å². The summed E-state index contributed by atoms with van der Waals surface area (Å²) >= 11 is 0. The Morgan fingerprint density at radius 3 is 3.14 bits per heavy atom. The number of nitrogens with zero attached hydrogens (tertiary/aromatic N) is 1. The molecule has 2 rings (SSSR count). The molecule has 3 nitrogen and oxygen atoms in total. The summed E-state index contributed by atoms with van der Waals surface area (Å²) in [6.07, 6.45) is 5.22. The van der Waals surface area contributed by atoms with Crippen molar-refractivity contribution in [3.8, 4) is 0 Å². The molecule has 0 radical (unpaired) electrons. The van der Waals surface area contributed by atoms with Gasteiger partial charge in [0.05, 0.1) is 0 Å². The minimum absolute atomic E-state index is 0.910. The molecule has 0 spiro atoms. The highest BCUT2D eigenvalue weighted by Gasteiger charge is 2.34. The lowest BCUT2D eigenvalue weighted by Crippen LogP contribution is -2.38. The van der Waals surface area contributed by atoms with Crippen LogP contribution in [0.15, 0.2) is 4.99 Å². The van der Waals surface area contributed by atoms with Crippen molar-refractivity contribution in [2.24, 2.45) is 16.8 Å². The van der Waals surface area contributed by atoms with Crippen LogP contribution in [0.5, 0.6) is 0 Å². The number of nitrogens with one attached hydrogen (secondary N) is 2. The zero-order chi connectivity index (χ0) is 9.80. The number of guanidine groups is 1. The van der Waals surface area contributed by atoms with Gasteiger partial charge in [0.15, 0.2) is 5.96 Å². The van der Waals surface area contributed by atoms with Gasteiger partial charge in [0.25, 0.3) is 0 Å². The summed E-state index contributed by atoms with van der Waals surface area (Å²) in [6.45, 7) is 5.46. The SMILES string of the molecule is CCC1CC1CNC1=NCCCCN1. The first-order valence-electron chi connectivity index (χ1n) is 5.92. The van der Waals surface area contributed by atoms with Gasteiger partial charge in [-0.15, -0.1) is 0 Å². The van der Waals surface area contributed by atoms with E-state index < -0.39 is 0 Å². The highest BCUT2D eigenvalue weighted by atomic mass is 15.2. The van der Waals surface area contributed by atoms with Crippen molar-refractivity contribution in [1.29, 1.82) is 0 Å². The molecule has 0 bridgehead atoms. The molecule has 1 aliphatic heterocycles. The minimum Gasteiger partial charge on any atom is -0.356 e. The van der Waals surface area contributed by atoms with E-state index >= 15 is 0 Å². The van der Waals surface area contributed by atoms with Gasteiger partial charge in [-0.1, -0.05) is 13.3 Å². The van der Waals surface area contributed by atoms with Gasteiger partial charge in [0, 0.05) is 19.6 Å². The van der Waals surface area contributed by atoms with Gasteiger partial charge in [-0.05, 0) is 31.1 Å². The van der Waals surface area contributed by atoms with Gasteiger partial charge in [-0.3, -0.25) is 4.99 Å². The third-order valence-electron chi connectivity index (χ3n) is 3.27. The molecule has 2 atom stereocenters. The predicted octanol–water partition coefficient (Wildman–Crippen LogP) is 1.36. The maximum atomic E-state index is 4.47. The normalized spacial score (nSPS) is 31.4. The van der Waals surface area contributed by atoms with Gasteiger partial charge in [0.2, 0.25) is 0 Å². The maximum Gasteiger partial charge on any atom is 0.191 e. The molecule has 0 aromatic carbocycles. The Hall–Kier alpha value is -0.730. The van der Waals surface area contributed by atoms with Crippen LogP contribution in [0.1, 0.15) is 32.6 Å². The fraction of sp³-hybridized carbons (Fsp3) is 0.909. The smallest absolute Gasteiger partial charge is 0.191 e. The summed E-state index contributed by atoms with van der Waals surface area (Å²) in [6, 6.07) is 0. The van der Waals surface area contributed by atoms with Gasteiger partial charge in [-0.25, -0.2) is 0 Å². The van der Waals surface area contributed by atoms with E-state index in [1.807, 2.05) is 0 Å². The molecule has 2 unspecified atom stereocenters. The van der Waals surface area contributed by atoms with Crippen molar-refractivity contribution in [2.45, 2.75) is 32.6 Å². The predicted molar refractivity (Wildman–Crippen MR) is 59.4 cm³/mol. The van der Waals surface area contributed by atoms with E-state index in [9.17, 15) is 0 Å². The molecule has 3 heteroatoms. The summed E-state index contributed by atoms with van der Waals surface area (Å²) < 4.78 is 0. The fourth-order valence-electron chi connectivity index (χ4n) is 2.10. The molecule has 0 saturated heterocycles. The van der Waals surface area contributed by atoms with E-state index in [4.69, 9.17) is 0 Å². The Bertz CT molecular complexity index is 213. The minimum atomic E-state index is 0.910. The number of aliphatic imine (C=N–C) groups is 1. The average Bonchev–Trinajstić information content (AvgIpc) is 2.99. The van der Waals surface area contributed by atoms with Crippen LogP contribution in [0.4, 0.5) is 0 Å². The van der Waals surface area contributed by atoms with Gasteiger partial charge < -0.3 is 10.6 Å². The van der Waals surface area contributed by atoms with Crippen LogP contribution in [0.2, 0.25) is 0 Å². The van der Waals surface area contributed by atoms with Crippen LogP contribution >= 0.6 is 0 Å². The van der Waals surface area contributed by atoms with E-state index in [2.05, 4.69) is 22.5 Å². The van der Waals surface area contributed by atoms with Crippen molar-refractivity contribution >= 4 is 5.96 Å². The molecule has 0 amide bonds. The lowest BCUT2D eigenvalue weighted by molar-refractivity contribution is 0.651. The first-order valence-corrected chi connectivity index (χ1v) is 5.92. The maximum absolute atomic E-state index is 4.47. The molecule has 2 N–H and O–H groups in total. The molecular formula is C11H21N3. The van der Waals surface area contributed by atoms with Crippen LogP contribution in [0, 0.1) is 11.8 Å². The first-order chi connectivity index (χ1) is 6.90. The zero-order valence-corrected chi connectivity index (χ0v) is 9.05. The van der Waals surface area contributed by atoms with E-state index in [0.717, 1.165) is 37.4 Å². The Kier molecular flexibility index (Phi) is 3.27. The lowest BCUT2D eigenvalue weighted by atomic mass is 10.2. The second-order valence-electron chi connectivity index (χ2n) is 4.41. The Morgan fingerprint density at radius 1 is 1.43 bits per heavy atom. The van der Waals surface area contributed by atoms with Crippen LogP contribution in [0.25, 0.3) is 0 Å². The summed E-state index contributed by atoms with van der Waals surface area (Å²) in [5.74, 6) is 2.92. The lowest BCUT2D eigenvalue weighted by Gasteiger charge is -2.09. The van der Waals surface area contributed by atoms with Crippen molar-refractivity contribution < 1.29 is 0 Å². The van der Waals surface area contributed by atoms with Crippen LogP contribution < -0.4 is 10.6 Å². The first kappa shape index (κ1) is 9.81. The second-order valence-corrected chi connectivity index (χ2v) is 4.41. The van der Waals surface area contributed by atoms with E-state index in [1.165, 1.54) is 25.7 Å². The molecular weight excluding hydrogens is 174 g/mol. The second kappa shape index (κ2) is 4.67. The largest absolute Gasteiger partial charge is 0.356 e. The summed E-state index contributed by atoms with van der Waals surface area (Å²) in [5, 5.41) is 6.76. The van der Waals surface area contributed by atoms with Crippen molar-refractivity contribution in [3.63, 3.8) is 0 Å². The summed E-state index contributed by atoms with van der Waals surface area (Å²) in [7, 11) is 0. The Labute approximate surface area is 86.4 Å². The topological polar surface area (TPSA) is 36.4 Å². The Balaban J connectivity index is 1.67. The molecule has 0 aromatic rings. The summed E-state index contributed by atoms with van der Waals surface area (Å²) in [4.78, 5) is 4.47. The number of hydrogen-bond acceptors (Lipinski definition) is 3. The molecule has 14 heavy (non-hydrogen) atoms. The van der Waals surface area contributed by atoms with E-state index in [-0.39, 0.29) is 0 Å². The van der Waals surface area contributed by atoms with Gasteiger partial charge >= 0.3 is 0 Å². The molecule has 1 saturated carbocycles. The summed E-state index contributed by atoms with van der Waals surface area (Å²) in [5.41, 5.74) is 0. The van der Waals surface area contributed by atoms with Crippen LogP contribution in [-0.4, -0.2) is 25.6 Å². The van der Waals surface area contributed by atoms with Crippen molar-refractivity contribution in [2.75, 3.05) is 19.6 Å². The highest BCUT2D eigenvalue weighted by Crippen LogP contribution is 2.40. The molecule has 1 fully saturated rings. The third-order valence-corrected chi connectivity index (χ3v) is 3.27. The van der Waals surface area contributed by atoms with Crippen LogP contribution in [0.3, 0.4) is 0 Å². The fourth-order valence-corrected chi connectivity index (χ4v) is 2.10. The highest BCUT2D eigenvalue weighted by molar-refractivity contribution is 5.79. The standard InChI is InChI=1S/C11H21N3/c1-2-9-7-10(9)8-14-11-12-5-3-4-6-13-11/h9-10H,2-8H2,1H3,(H2,12,13,14). The van der Waals surface area contributed by atoms with E-state index in [1.54, 1.807) is 0 Å². The average molecular weight is 195 g/mol. The molecule has 0 aromatic heterocycles. The third kappa shape index (κ3) is 2.63. The molecule has 1 aliphatic carbocycles. The Morgan fingerprint density at radius 2 is 2.36 bits per heavy atom. The quantitative estimate of drug-likeness (QED) is 0.713. The monoisotopic (exact) mass is 195 g/mol. The molecule has 80 valence electrons. The van der Waals surface area contributed by atoms with Crippen molar-refractivity contribution in [1.82, 2.24) is 10.6 Å². The van der Waals surface area contributed by atoms with Crippen molar-refractivity contribution in [3.05, 3.63) is 0 Å². The molecule has 1 heterocycles. The molecule has 2 aliphatic rings. The zero-order valence-electron chi connectivity index (χ0n) is 9.05. The van der Waals surface area contributed by atoms with E-state index in [0.29, 0.717) is 0 Å². The number of hydrogen-bond donors (Lipinski definition) is 2. The van der Waals surface area contributed by atoms with Gasteiger partial charge in [-0.2, -0.15) is 0 Å². The van der Waals surface area contributed by atoms with Gasteiger partial charge in [0.1, 0.15) is 0 Å². The number of rotatable bonds is 3.